The van der Waals surface area contributed by atoms with Crippen LogP contribution in [0.5, 0.6) is 0 Å². The van der Waals surface area contributed by atoms with Gasteiger partial charge in [0.15, 0.2) is 0 Å². The standard InChI is InChI=1S/C28H27Cl2N5.C2H6/c1-17-12-22(29)13-24(19(3)31-5)27(17)33-20(4)25-16-35(15-21-11-10-18(2)32-14-21)34-28(25)23-8-6-7-9-26(23)30;1-2/h6-14,16,31,33H,3-4,15H2,1-2,5H3;1-2H3. The fourth-order valence-electron chi connectivity index (χ4n) is 3.85. The van der Waals surface area contributed by atoms with E-state index >= 15 is 0 Å². The van der Waals surface area contributed by atoms with Gasteiger partial charge in [-0.3, -0.25) is 9.67 Å². The molecular weight excluding hydrogens is 501 g/mol. The van der Waals surface area contributed by atoms with Gasteiger partial charge in [0.2, 0.25) is 0 Å². The van der Waals surface area contributed by atoms with Gasteiger partial charge in [0, 0.05) is 58.2 Å². The highest BCUT2D eigenvalue weighted by atomic mass is 35.5. The smallest absolute Gasteiger partial charge is 0.103 e. The monoisotopic (exact) mass is 533 g/mol. The van der Waals surface area contributed by atoms with Crippen LogP contribution >= 0.6 is 23.2 Å². The number of aromatic nitrogens is 3. The molecule has 0 aliphatic carbocycles. The van der Waals surface area contributed by atoms with Crippen molar-refractivity contribution < 1.29 is 0 Å². The molecule has 2 heterocycles. The van der Waals surface area contributed by atoms with Gasteiger partial charge in [-0.05, 0) is 49.2 Å². The molecule has 0 saturated carbocycles. The van der Waals surface area contributed by atoms with Crippen LogP contribution in [0, 0.1) is 13.8 Å². The fraction of sp³-hybridized carbons (Fsp3) is 0.200. The second-order valence-corrected chi connectivity index (χ2v) is 9.20. The lowest BCUT2D eigenvalue weighted by Crippen LogP contribution is -2.09. The minimum absolute atomic E-state index is 0.569. The van der Waals surface area contributed by atoms with Crippen molar-refractivity contribution in [3.05, 3.63) is 112 Å². The molecule has 4 rings (SSSR count). The van der Waals surface area contributed by atoms with Crippen molar-refractivity contribution in [2.75, 3.05) is 12.4 Å². The molecule has 2 aromatic carbocycles. The SMILES string of the molecule is C=C(Nc1c(C)cc(Cl)cc1C(=C)NC)c1cn(Cc2ccc(C)nc2)nc1-c1ccccc1Cl.CC. The number of pyridine rings is 1. The molecule has 0 aliphatic rings. The zero-order valence-corrected chi connectivity index (χ0v) is 23.5. The fourth-order valence-corrected chi connectivity index (χ4v) is 4.35. The van der Waals surface area contributed by atoms with Crippen LogP contribution in [0.2, 0.25) is 10.0 Å². The van der Waals surface area contributed by atoms with E-state index in [0.717, 1.165) is 50.6 Å². The Morgan fingerprint density at radius 1 is 0.973 bits per heavy atom. The normalized spacial score (nSPS) is 10.4. The van der Waals surface area contributed by atoms with Crippen LogP contribution < -0.4 is 10.6 Å². The summed E-state index contributed by atoms with van der Waals surface area (Å²) in [7, 11) is 1.83. The van der Waals surface area contributed by atoms with Gasteiger partial charge in [-0.15, -0.1) is 0 Å². The largest absolute Gasteiger partial charge is 0.388 e. The summed E-state index contributed by atoms with van der Waals surface area (Å²) in [6.07, 6.45) is 3.84. The van der Waals surface area contributed by atoms with E-state index in [1.54, 1.807) is 0 Å². The van der Waals surface area contributed by atoms with Crippen LogP contribution in [0.1, 0.15) is 41.8 Å². The number of hydrogen-bond acceptors (Lipinski definition) is 4. The quantitative estimate of drug-likeness (QED) is 0.239. The molecule has 0 radical (unpaired) electrons. The van der Waals surface area contributed by atoms with Crippen LogP contribution in [-0.4, -0.2) is 21.8 Å². The maximum Gasteiger partial charge on any atom is 0.103 e. The Morgan fingerprint density at radius 2 is 1.70 bits per heavy atom. The summed E-state index contributed by atoms with van der Waals surface area (Å²) in [4.78, 5) is 4.40. The number of hydrogen-bond donors (Lipinski definition) is 2. The Bertz CT molecular complexity index is 1400. The first-order chi connectivity index (χ1) is 17.8. The lowest BCUT2D eigenvalue weighted by Gasteiger charge is -2.18. The molecule has 5 nitrogen and oxygen atoms in total. The molecule has 0 saturated heterocycles. The third-order valence-corrected chi connectivity index (χ3v) is 6.28. The Kier molecular flexibility index (Phi) is 9.56. The van der Waals surface area contributed by atoms with E-state index in [1.807, 2.05) is 94.3 Å². The molecule has 0 atom stereocenters. The van der Waals surface area contributed by atoms with Gasteiger partial charge in [0.25, 0.3) is 0 Å². The first-order valence-electron chi connectivity index (χ1n) is 12.1. The molecule has 0 unspecified atom stereocenters. The van der Waals surface area contributed by atoms with Crippen molar-refractivity contribution in [3.63, 3.8) is 0 Å². The van der Waals surface area contributed by atoms with E-state index in [-0.39, 0.29) is 0 Å². The van der Waals surface area contributed by atoms with Crippen LogP contribution in [0.15, 0.2) is 74.1 Å². The summed E-state index contributed by atoms with van der Waals surface area (Å²) in [6, 6.07) is 15.5. The number of benzene rings is 2. The highest BCUT2D eigenvalue weighted by Gasteiger charge is 2.19. The van der Waals surface area contributed by atoms with E-state index < -0.39 is 0 Å². The van der Waals surface area contributed by atoms with Gasteiger partial charge in [-0.25, -0.2) is 0 Å². The van der Waals surface area contributed by atoms with Gasteiger partial charge < -0.3 is 10.6 Å². The predicted octanol–water partition coefficient (Wildman–Crippen LogP) is 8.22. The molecular formula is C30H33Cl2N5. The maximum atomic E-state index is 6.57. The number of aryl methyl sites for hydroxylation is 2. The Labute approximate surface area is 229 Å². The number of anilines is 1. The van der Waals surface area contributed by atoms with Gasteiger partial charge in [-0.2, -0.15) is 5.10 Å². The van der Waals surface area contributed by atoms with Gasteiger partial charge in [-0.1, -0.05) is 74.5 Å². The Hall–Kier alpha value is -3.54. The van der Waals surface area contributed by atoms with Crippen molar-refractivity contribution in [3.8, 4) is 11.3 Å². The van der Waals surface area contributed by atoms with Crippen molar-refractivity contribution in [1.29, 1.82) is 0 Å². The lowest BCUT2D eigenvalue weighted by atomic mass is 10.0. The van der Waals surface area contributed by atoms with Crippen molar-refractivity contribution in [2.45, 2.75) is 34.2 Å². The lowest BCUT2D eigenvalue weighted by molar-refractivity contribution is 0.686. The number of nitrogens with one attached hydrogen (secondary N) is 2. The molecule has 0 fully saturated rings. The van der Waals surface area contributed by atoms with Crippen molar-refractivity contribution in [2.24, 2.45) is 0 Å². The number of rotatable bonds is 8. The maximum absolute atomic E-state index is 6.57. The molecule has 7 heteroatoms. The van der Waals surface area contributed by atoms with E-state index in [0.29, 0.717) is 22.3 Å². The third-order valence-electron chi connectivity index (χ3n) is 5.74. The average Bonchev–Trinajstić information content (AvgIpc) is 3.31. The Balaban J connectivity index is 0.00000186. The highest BCUT2D eigenvalue weighted by Crippen LogP contribution is 2.35. The summed E-state index contributed by atoms with van der Waals surface area (Å²) in [5.74, 6) is 0. The minimum Gasteiger partial charge on any atom is -0.388 e. The molecule has 0 bridgehead atoms. The highest BCUT2D eigenvalue weighted by molar-refractivity contribution is 6.33. The molecule has 2 aromatic heterocycles. The topological polar surface area (TPSA) is 54.8 Å². The molecule has 37 heavy (non-hydrogen) atoms. The second-order valence-electron chi connectivity index (χ2n) is 8.35. The summed E-state index contributed by atoms with van der Waals surface area (Å²) >= 11 is 12.9. The van der Waals surface area contributed by atoms with E-state index in [9.17, 15) is 0 Å². The molecule has 4 aromatic rings. The third kappa shape index (κ3) is 6.62. The van der Waals surface area contributed by atoms with Gasteiger partial charge >= 0.3 is 0 Å². The molecule has 2 N–H and O–H groups in total. The van der Waals surface area contributed by atoms with Gasteiger partial charge in [0.05, 0.1) is 17.3 Å². The van der Waals surface area contributed by atoms with E-state index in [1.165, 1.54) is 0 Å². The predicted molar refractivity (Wildman–Crippen MR) is 159 cm³/mol. The van der Waals surface area contributed by atoms with Crippen LogP contribution in [-0.2, 0) is 6.54 Å². The number of nitrogens with zero attached hydrogens (tertiary/aromatic N) is 3. The molecule has 0 spiro atoms. The molecule has 0 amide bonds. The Morgan fingerprint density at radius 3 is 2.35 bits per heavy atom. The van der Waals surface area contributed by atoms with Crippen LogP contribution in [0.4, 0.5) is 5.69 Å². The summed E-state index contributed by atoms with van der Waals surface area (Å²) in [5, 5.41) is 12.7. The van der Waals surface area contributed by atoms with Crippen LogP contribution in [0.3, 0.4) is 0 Å². The second kappa shape index (κ2) is 12.6. The zero-order valence-electron chi connectivity index (χ0n) is 22.0. The number of halogens is 2. The van der Waals surface area contributed by atoms with E-state index in [2.05, 4.69) is 34.8 Å². The summed E-state index contributed by atoms with van der Waals surface area (Å²) < 4.78 is 1.88. The van der Waals surface area contributed by atoms with Gasteiger partial charge in [0.1, 0.15) is 5.69 Å². The molecule has 192 valence electrons. The minimum atomic E-state index is 0.569. The summed E-state index contributed by atoms with van der Waals surface area (Å²) in [6.45, 7) is 17.0. The first kappa shape index (κ1) is 28.0. The van der Waals surface area contributed by atoms with Crippen molar-refractivity contribution >= 4 is 40.3 Å². The van der Waals surface area contributed by atoms with Crippen molar-refractivity contribution in [1.82, 2.24) is 20.1 Å². The van der Waals surface area contributed by atoms with Crippen LogP contribution in [0.25, 0.3) is 22.7 Å². The first-order valence-corrected chi connectivity index (χ1v) is 12.9. The zero-order chi connectivity index (χ0) is 27.1. The summed E-state index contributed by atoms with van der Waals surface area (Å²) in [5.41, 5.74) is 8.60. The molecule has 0 aliphatic heterocycles. The average molecular weight is 535 g/mol. The van der Waals surface area contributed by atoms with E-state index in [4.69, 9.17) is 28.3 Å².